The van der Waals surface area contributed by atoms with E-state index in [2.05, 4.69) is 38.2 Å². The molecule has 1 aromatic carbocycles. The molecule has 0 spiro atoms. The second-order valence-electron chi connectivity index (χ2n) is 6.52. The van der Waals surface area contributed by atoms with E-state index in [9.17, 15) is 0 Å². The van der Waals surface area contributed by atoms with Crippen molar-refractivity contribution in [2.45, 2.75) is 13.5 Å². The van der Waals surface area contributed by atoms with Crippen LogP contribution < -0.4 is 5.32 Å². The molecule has 0 amide bonds. The molecule has 4 aromatic heterocycles. The monoisotopic (exact) mass is 415 g/mol. The van der Waals surface area contributed by atoms with E-state index in [1.807, 2.05) is 43.3 Å². The Bertz CT molecular complexity index is 1260. The number of aromatic nitrogens is 4. The highest BCUT2D eigenvalue weighted by Gasteiger charge is 2.17. The number of nitrogens with one attached hydrogen (secondary N) is 1. The summed E-state index contributed by atoms with van der Waals surface area (Å²) in [4.78, 5) is 19.6. The zero-order valence-electron chi connectivity index (χ0n) is 15.7. The third kappa shape index (κ3) is 3.62. The van der Waals surface area contributed by atoms with Crippen LogP contribution in [-0.2, 0) is 6.54 Å². The summed E-state index contributed by atoms with van der Waals surface area (Å²) in [6.07, 6.45) is 1.76. The number of thiophene rings is 1. The minimum Gasteiger partial charge on any atom is -0.364 e. The molecule has 0 aliphatic rings. The molecule has 5 nitrogen and oxygen atoms in total. The number of fused-ring (bicyclic) bond motifs is 1. The van der Waals surface area contributed by atoms with Crippen molar-refractivity contribution in [3.05, 3.63) is 76.2 Å². The molecular weight excluding hydrogens is 398 g/mol. The van der Waals surface area contributed by atoms with E-state index >= 15 is 0 Å². The van der Waals surface area contributed by atoms with Crippen molar-refractivity contribution in [1.82, 2.24) is 19.9 Å². The minimum atomic E-state index is 0.613. The smallest absolute Gasteiger partial charge is 0.181 e. The van der Waals surface area contributed by atoms with Gasteiger partial charge < -0.3 is 5.32 Å². The van der Waals surface area contributed by atoms with Gasteiger partial charge in [-0.1, -0.05) is 36.4 Å². The lowest BCUT2D eigenvalue weighted by Crippen LogP contribution is -2.04. The van der Waals surface area contributed by atoms with Gasteiger partial charge in [0.1, 0.15) is 16.3 Å². The fourth-order valence-corrected chi connectivity index (χ4v) is 4.73. The summed E-state index contributed by atoms with van der Waals surface area (Å²) >= 11 is 3.28. The van der Waals surface area contributed by atoms with E-state index < -0.39 is 0 Å². The number of benzene rings is 1. The molecule has 0 fully saturated rings. The van der Waals surface area contributed by atoms with Crippen LogP contribution in [0, 0.1) is 6.92 Å². The van der Waals surface area contributed by atoms with Crippen molar-refractivity contribution in [3.8, 4) is 22.6 Å². The molecule has 0 aliphatic carbocycles. The zero-order chi connectivity index (χ0) is 19.6. The molecule has 5 rings (SSSR count). The molecule has 7 heteroatoms. The average molecular weight is 416 g/mol. The first-order chi connectivity index (χ1) is 14.3. The Morgan fingerprint density at radius 1 is 0.897 bits per heavy atom. The SMILES string of the molecule is Cc1nc(CNc2nc(-c3ccccn3)nc3scc(-c4ccccc4)c23)cs1. The number of aryl methyl sites for hydroxylation is 1. The first kappa shape index (κ1) is 17.9. The molecule has 29 heavy (non-hydrogen) atoms. The van der Waals surface area contributed by atoms with Crippen LogP contribution in [0.3, 0.4) is 0 Å². The van der Waals surface area contributed by atoms with Crippen molar-refractivity contribution in [2.24, 2.45) is 0 Å². The van der Waals surface area contributed by atoms with E-state index in [4.69, 9.17) is 9.97 Å². The number of nitrogens with zero attached hydrogens (tertiary/aromatic N) is 4. The Hall–Kier alpha value is -3.16. The zero-order valence-corrected chi connectivity index (χ0v) is 17.3. The molecule has 0 saturated carbocycles. The molecule has 142 valence electrons. The van der Waals surface area contributed by atoms with E-state index in [1.54, 1.807) is 28.9 Å². The normalized spacial score (nSPS) is 11.1. The summed E-state index contributed by atoms with van der Waals surface area (Å²) in [5, 5.41) is 9.81. The number of thiazole rings is 1. The van der Waals surface area contributed by atoms with Gasteiger partial charge in [0.2, 0.25) is 0 Å². The van der Waals surface area contributed by atoms with Crippen molar-refractivity contribution in [2.75, 3.05) is 5.32 Å². The number of rotatable bonds is 5. The van der Waals surface area contributed by atoms with Gasteiger partial charge >= 0.3 is 0 Å². The molecule has 0 atom stereocenters. The van der Waals surface area contributed by atoms with Gasteiger partial charge in [0.25, 0.3) is 0 Å². The van der Waals surface area contributed by atoms with E-state index in [1.165, 1.54) is 0 Å². The van der Waals surface area contributed by atoms with Gasteiger partial charge in [0.15, 0.2) is 5.82 Å². The van der Waals surface area contributed by atoms with Crippen LogP contribution in [0.4, 0.5) is 5.82 Å². The van der Waals surface area contributed by atoms with Crippen LogP contribution in [0.15, 0.2) is 65.5 Å². The fourth-order valence-electron chi connectivity index (χ4n) is 3.17. The Morgan fingerprint density at radius 3 is 2.52 bits per heavy atom. The van der Waals surface area contributed by atoms with Gasteiger partial charge in [-0.3, -0.25) is 4.98 Å². The summed E-state index contributed by atoms with van der Waals surface area (Å²) in [6.45, 7) is 2.63. The lowest BCUT2D eigenvalue weighted by molar-refractivity contribution is 1.04. The van der Waals surface area contributed by atoms with E-state index in [0.717, 1.165) is 43.6 Å². The highest BCUT2D eigenvalue weighted by Crippen LogP contribution is 2.38. The number of anilines is 1. The standard InChI is InChI=1S/C22H17N5S2/c1-14-25-16(12-28-14)11-24-21-19-17(15-7-3-2-4-8-15)13-29-22(19)27-20(26-21)18-9-5-6-10-23-18/h2-10,12-13H,11H2,1H3,(H,24,26,27). The maximum Gasteiger partial charge on any atom is 0.181 e. The predicted molar refractivity (Wildman–Crippen MR) is 120 cm³/mol. The van der Waals surface area contributed by atoms with Crippen LogP contribution in [0.2, 0.25) is 0 Å². The molecule has 0 saturated heterocycles. The summed E-state index contributed by atoms with van der Waals surface area (Å²) in [5.41, 5.74) is 4.06. The van der Waals surface area contributed by atoms with Crippen molar-refractivity contribution in [1.29, 1.82) is 0 Å². The third-order valence-corrected chi connectivity index (χ3v) is 6.21. The summed E-state index contributed by atoms with van der Waals surface area (Å²) < 4.78 is 0. The maximum atomic E-state index is 4.85. The minimum absolute atomic E-state index is 0.613. The maximum absolute atomic E-state index is 4.85. The summed E-state index contributed by atoms with van der Waals surface area (Å²) in [5.74, 6) is 1.43. The lowest BCUT2D eigenvalue weighted by Gasteiger charge is -2.10. The van der Waals surface area contributed by atoms with Gasteiger partial charge in [-0.15, -0.1) is 22.7 Å². The van der Waals surface area contributed by atoms with Crippen LogP contribution in [0.5, 0.6) is 0 Å². The Morgan fingerprint density at radius 2 is 1.76 bits per heavy atom. The second kappa shape index (κ2) is 7.69. The molecule has 0 unspecified atom stereocenters. The van der Waals surface area contributed by atoms with Gasteiger partial charge in [-0.25, -0.2) is 15.0 Å². The molecule has 4 heterocycles. The average Bonchev–Trinajstić information content (AvgIpc) is 3.39. The first-order valence-corrected chi connectivity index (χ1v) is 10.9. The Labute approximate surface area is 176 Å². The fraction of sp³-hybridized carbons (Fsp3) is 0.0909. The van der Waals surface area contributed by atoms with Crippen LogP contribution in [0.25, 0.3) is 32.9 Å². The Balaban J connectivity index is 1.64. The predicted octanol–water partition coefficient (Wildman–Crippen LogP) is 5.80. The number of hydrogen-bond acceptors (Lipinski definition) is 7. The first-order valence-electron chi connectivity index (χ1n) is 9.19. The van der Waals surface area contributed by atoms with Crippen LogP contribution >= 0.6 is 22.7 Å². The van der Waals surface area contributed by atoms with Crippen LogP contribution in [-0.4, -0.2) is 19.9 Å². The third-order valence-electron chi connectivity index (χ3n) is 4.52. The van der Waals surface area contributed by atoms with Gasteiger partial charge in [-0.05, 0) is 24.6 Å². The molecule has 1 N–H and O–H groups in total. The topological polar surface area (TPSA) is 63.6 Å². The highest BCUT2D eigenvalue weighted by molar-refractivity contribution is 7.17. The number of pyridine rings is 1. The number of hydrogen-bond donors (Lipinski definition) is 1. The Kier molecular flexibility index (Phi) is 4.75. The largest absolute Gasteiger partial charge is 0.364 e. The van der Waals surface area contributed by atoms with Crippen molar-refractivity contribution >= 4 is 38.7 Å². The summed E-state index contributed by atoms with van der Waals surface area (Å²) in [6, 6.07) is 16.1. The van der Waals surface area contributed by atoms with Crippen molar-refractivity contribution in [3.63, 3.8) is 0 Å². The quantitative estimate of drug-likeness (QED) is 0.393. The van der Waals surface area contributed by atoms with E-state index in [-0.39, 0.29) is 0 Å². The highest BCUT2D eigenvalue weighted by atomic mass is 32.1. The van der Waals surface area contributed by atoms with Gasteiger partial charge in [0, 0.05) is 22.5 Å². The molecular formula is C22H17N5S2. The van der Waals surface area contributed by atoms with Gasteiger partial charge in [-0.2, -0.15) is 0 Å². The molecule has 0 bridgehead atoms. The second-order valence-corrected chi connectivity index (χ2v) is 8.44. The molecule has 5 aromatic rings. The molecule has 0 aliphatic heterocycles. The van der Waals surface area contributed by atoms with Crippen molar-refractivity contribution < 1.29 is 0 Å². The molecule has 0 radical (unpaired) electrons. The lowest BCUT2D eigenvalue weighted by atomic mass is 10.1. The van der Waals surface area contributed by atoms with E-state index in [0.29, 0.717) is 12.4 Å². The summed E-state index contributed by atoms with van der Waals surface area (Å²) in [7, 11) is 0. The van der Waals surface area contributed by atoms with Crippen LogP contribution in [0.1, 0.15) is 10.7 Å². The van der Waals surface area contributed by atoms with Gasteiger partial charge in [0.05, 0.1) is 22.6 Å².